The van der Waals surface area contributed by atoms with Crippen LogP contribution in [0.4, 0.5) is 10.1 Å². The van der Waals surface area contributed by atoms with Gasteiger partial charge in [-0.25, -0.2) is 9.18 Å². The summed E-state index contributed by atoms with van der Waals surface area (Å²) in [6.07, 6.45) is 0. The zero-order valence-electron chi connectivity index (χ0n) is 12.8. The van der Waals surface area contributed by atoms with Crippen LogP contribution in [-0.4, -0.2) is 25.6 Å². The molecule has 0 heterocycles. The van der Waals surface area contributed by atoms with Gasteiger partial charge in [0.05, 0.1) is 12.7 Å². The lowest BCUT2D eigenvalue weighted by Gasteiger charge is -2.09. The molecule has 1 N–H and O–H groups in total. The van der Waals surface area contributed by atoms with Crippen molar-refractivity contribution < 1.29 is 23.5 Å². The molecule has 0 spiro atoms. The molecule has 0 aliphatic heterocycles. The van der Waals surface area contributed by atoms with E-state index in [9.17, 15) is 14.0 Å². The molecular weight excluding hydrogens is 301 g/mol. The summed E-state index contributed by atoms with van der Waals surface area (Å²) >= 11 is 0. The second kappa shape index (κ2) is 7.40. The number of hydrogen-bond acceptors (Lipinski definition) is 4. The van der Waals surface area contributed by atoms with Crippen molar-refractivity contribution in [2.45, 2.75) is 6.92 Å². The predicted molar refractivity (Wildman–Crippen MR) is 83.0 cm³/mol. The average Bonchev–Trinajstić information content (AvgIpc) is 2.56. The third-order valence-corrected chi connectivity index (χ3v) is 3.11. The van der Waals surface area contributed by atoms with Crippen molar-refractivity contribution in [2.24, 2.45) is 0 Å². The number of aryl methyl sites for hydroxylation is 1. The van der Waals surface area contributed by atoms with Crippen LogP contribution in [0.15, 0.2) is 42.5 Å². The van der Waals surface area contributed by atoms with Crippen LogP contribution in [0.3, 0.4) is 0 Å². The lowest BCUT2D eigenvalue weighted by atomic mass is 10.2. The maximum absolute atomic E-state index is 13.2. The summed E-state index contributed by atoms with van der Waals surface area (Å²) in [5.74, 6) is -1.14. The first kappa shape index (κ1) is 16.5. The van der Waals surface area contributed by atoms with E-state index in [1.165, 1.54) is 25.3 Å². The summed E-state index contributed by atoms with van der Waals surface area (Å²) in [5.41, 5.74) is 1.32. The van der Waals surface area contributed by atoms with Crippen LogP contribution in [0.5, 0.6) is 5.75 Å². The molecule has 1 amide bonds. The van der Waals surface area contributed by atoms with Gasteiger partial charge in [0.15, 0.2) is 6.61 Å². The van der Waals surface area contributed by atoms with Crippen molar-refractivity contribution in [3.8, 4) is 5.75 Å². The predicted octanol–water partition coefficient (Wildman–Crippen LogP) is 2.94. The Kier molecular flexibility index (Phi) is 5.30. The largest absolute Gasteiger partial charge is 0.497 e. The fraction of sp³-hybridized carbons (Fsp3) is 0.176. The Bertz CT molecular complexity index is 730. The molecule has 0 radical (unpaired) electrons. The molecule has 23 heavy (non-hydrogen) atoms. The maximum atomic E-state index is 13.2. The number of carbonyl (C=O) groups excluding carboxylic acids is 2. The first-order valence-electron chi connectivity index (χ1n) is 6.87. The molecule has 0 aliphatic rings. The monoisotopic (exact) mass is 317 g/mol. The van der Waals surface area contributed by atoms with E-state index in [1.54, 1.807) is 31.2 Å². The topological polar surface area (TPSA) is 64.6 Å². The molecule has 0 atom stereocenters. The number of ether oxygens (including phenoxy) is 2. The Morgan fingerprint density at radius 1 is 1.17 bits per heavy atom. The summed E-state index contributed by atoms with van der Waals surface area (Å²) in [6, 6.07) is 10.5. The minimum absolute atomic E-state index is 0.277. The number of anilines is 1. The third-order valence-electron chi connectivity index (χ3n) is 3.11. The van der Waals surface area contributed by atoms with Crippen LogP contribution in [0, 0.1) is 12.7 Å². The van der Waals surface area contributed by atoms with Crippen LogP contribution in [0.25, 0.3) is 0 Å². The molecule has 120 valence electrons. The van der Waals surface area contributed by atoms with Gasteiger partial charge in [0.2, 0.25) is 0 Å². The molecule has 0 aliphatic carbocycles. The molecule has 0 unspecified atom stereocenters. The van der Waals surface area contributed by atoms with Gasteiger partial charge in [-0.2, -0.15) is 0 Å². The number of hydrogen-bond donors (Lipinski definition) is 1. The Hall–Kier alpha value is -2.89. The first-order chi connectivity index (χ1) is 11.0. The van der Waals surface area contributed by atoms with E-state index in [1.807, 2.05) is 0 Å². The molecule has 5 nitrogen and oxygen atoms in total. The molecule has 0 saturated carbocycles. The van der Waals surface area contributed by atoms with Gasteiger partial charge >= 0.3 is 5.97 Å². The van der Waals surface area contributed by atoms with Crippen molar-refractivity contribution in [1.29, 1.82) is 0 Å². The van der Waals surface area contributed by atoms with Crippen molar-refractivity contribution in [1.82, 2.24) is 0 Å². The van der Waals surface area contributed by atoms with Gasteiger partial charge in [-0.1, -0.05) is 12.1 Å². The van der Waals surface area contributed by atoms with Gasteiger partial charge < -0.3 is 14.8 Å². The second-order valence-corrected chi connectivity index (χ2v) is 4.82. The quantitative estimate of drug-likeness (QED) is 0.861. The van der Waals surface area contributed by atoms with E-state index in [-0.39, 0.29) is 5.56 Å². The van der Waals surface area contributed by atoms with E-state index < -0.39 is 24.3 Å². The van der Waals surface area contributed by atoms with Crippen LogP contribution >= 0.6 is 0 Å². The van der Waals surface area contributed by atoms with Crippen molar-refractivity contribution in [3.63, 3.8) is 0 Å². The number of amides is 1. The molecule has 0 saturated heterocycles. The van der Waals surface area contributed by atoms with E-state index in [4.69, 9.17) is 9.47 Å². The highest BCUT2D eigenvalue weighted by Gasteiger charge is 2.12. The number of rotatable bonds is 5. The molecule has 0 aromatic heterocycles. The molecule has 2 aromatic rings. The van der Waals surface area contributed by atoms with Crippen LogP contribution in [0.2, 0.25) is 0 Å². The fourth-order valence-corrected chi connectivity index (χ4v) is 1.88. The SMILES string of the molecule is COc1cccc(C(=O)OCC(=O)Nc2cc(F)ccc2C)c1. The smallest absolute Gasteiger partial charge is 0.338 e. The van der Waals surface area contributed by atoms with E-state index in [0.717, 1.165) is 0 Å². The third kappa shape index (κ3) is 4.54. The Morgan fingerprint density at radius 2 is 1.96 bits per heavy atom. The highest BCUT2D eigenvalue weighted by atomic mass is 19.1. The van der Waals surface area contributed by atoms with Gasteiger partial charge in [-0.15, -0.1) is 0 Å². The number of benzene rings is 2. The van der Waals surface area contributed by atoms with Crippen molar-refractivity contribution >= 4 is 17.6 Å². The van der Waals surface area contributed by atoms with Gasteiger partial charge in [0, 0.05) is 5.69 Å². The highest BCUT2D eigenvalue weighted by molar-refractivity contribution is 5.96. The molecule has 0 fully saturated rings. The summed E-state index contributed by atoms with van der Waals surface area (Å²) in [6.45, 7) is 1.27. The number of carbonyl (C=O) groups is 2. The van der Waals surface area contributed by atoms with E-state index >= 15 is 0 Å². The number of nitrogens with one attached hydrogen (secondary N) is 1. The molecule has 2 aromatic carbocycles. The molecule has 0 bridgehead atoms. The van der Waals surface area contributed by atoms with E-state index in [0.29, 0.717) is 17.0 Å². The highest BCUT2D eigenvalue weighted by Crippen LogP contribution is 2.16. The van der Waals surface area contributed by atoms with Gasteiger partial charge in [0.25, 0.3) is 5.91 Å². The first-order valence-corrected chi connectivity index (χ1v) is 6.87. The summed E-state index contributed by atoms with van der Waals surface area (Å²) in [4.78, 5) is 23.7. The van der Waals surface area contributed by atoms with Crippen LogP contribution in [0.1, 0.15) is 15.9 Å². The number of methoxy groups -OCH3 is 1. The van der Waals surface area contributed by atoms with E-state index in [2.05, 4.69) is 5.32 Å². The molecule has 2 rings (SSSR count). The van der Waals surface area contributed by atoms with Crippen LogP contribution in [-0.2, 0) is 9.53 Å². The number of halogens is 1. The van der Waals surface area contributed by atoms with Gasteiger partial charge in [-0.05, 0) is 42.8 Å². The van der Waals surface area contributed by atoms with Crippen molar-refractivity contribution in [3.05, 3.63) is 59.4 Å². The zero-order valence-corrected chi connectivity index (χ0v) is 12.8. The standard InChI is InChI=1S/C17H16FNO4/c1-11-6-7-13(18)9-15(11)19-16(20)10-23-17(21)12-4-3-5-14(8-12)22-2/h3-9H,10H2,1-2H3,(H,19,20). The normalized spacial score (nSPS) is 10.0. The van der Waals surface area contributed by atoms with Crippen molar-refractivity contribution in [2.75, 3.05) is 19.0 Å². The van der Waals surface area contributed by atoms with Gasteiger partial charge in [-0.3, -0.25) is 4.79 Å². The maximum Gasteiger partial charge on any atom is 0.338 e. The Morgan fingerprint density at radius 3 is 2.70 bits per heavy atom. The summed E-state index contributed by atoms with van der Waals surface area (Å²) in [7, 11) is 1.49. The zero-order chi connectivity index (χ0) is 16.8. The van der Waals surface area contributed by atoms with Gasteiger partial charge in [0.1, 0.15) is 11.6 Å². The molecule has 6 heteroatoms. The Balaban J connectivity index is 1.93. The fourth-order valence-electron chi connectivity index (χ4n) is 1.88. The second-order valence-electron chi connectivity index (χ2n) is 4.82. The number of esters is 1. The lowest BCUT2D eigenvalue weighted by molar-refractivity contribution is -0.119. The summed E-state index contributed by atoms with van der Waals surface area (Å²) in [5, 5.41) is 2.50. The summed E-state index contributed by atoms with van der Waals surface area (Å²) < 4.78 is 23.1. The minimum Gasteiger partial charge on any atom is -0.497 e. The van der Waals surface area contributed by atoms with Crippen LogP contribution < -0.4 is 10.1 Å². The lowest BCUT2D eigenvalue weighted by Crippen LogP contribution is -2.21. The molecular formula is C17H16FNO4. The average molecular weight is 317 g/mol. The Labute approximate surface area is 133 Å². The minimum atomic E-state index is -0.644.